The predicted octanol–water partition coefficient (Wildman–Crippen LogP) is 4.17. The average molecular weight is 282 g/mol. The molecule has 0 amide bonds. The fraction of sp³-hybridized carbons (Fsp3) is 0.385. The zero-order valence-corrected chi connectivity index (χ0v) is 11.6. The summed E-state index contributed by atoms with van der Waals surface area (Å²) in [5, 5.41) is 1.19. The number of ether oxygens (including phenoxy) is 1. The second kappa shape index (κ2) is 3.81. The highest BCUT2D eigenvalue weighted by Crippen LogP contribution is 2.33. The van der Waals surface area contributed by atoms with Gasteiger partial charge in [-0.1, -0.05) is 0 Å². The highest BCUT2D eigenvalue weighted by atomic mass is 79.9. The van der Waals surface area contributed by atoms with Crippen molar-refractivity contribution >= 4 is 26.8 Å². The summed E-state index contributed by atoms with van der Waals surface area (Å²) in [6.07, 6.45) is 2.13. The van der Waals surface area contributed by atoms with Crippen LogP contribution in [-0.4, -0.2) is 11.7 Å². The highest BCUT2D eigenvalue weighted by Gasteiger charge is 2.17. The molecule has 0 aliphatic carbocycles. The topological polar surface area (TPSA) is 14.2 Å². The molecule has 0 spiro atoms. The molecule has 0 radical (unpaired) electrons. The lowest BCUT2D eigenvalue weighted by molar-refractivity contribution is 0.409. The molecule has 1 aromatic heterocycles. The summed E-state index contributed by atoms with van der Waals surface area (Å²) in [4.78, 5) is 0. The molecular formula is C13H16BrNO. The van der Waals surface area contributed by atoms with Crippen molar-refractivity contribution in [3.63, 3.8) is 0 Å². The van der Waals surface area contributed by atoms with E-state index in [4.69, 9.17) is 4.74 Å². The maximum atomic E-state index is 5.24. The van der Waals surface area contributed by atoms with E-state index in [2.05, 4.69) is 59.6 Å². The minimum atomic E-state index is 0.0822. The Bertz CT molecular complexity index is 522. The molecule has 2 rings (SSSR count). The molecule has 0 fully saturated rings. The Morgan fingerprint density at radius 1 is 1.25 bits per heavy atom. The van der Waals surface area contributed by atoms with Crippen LogP contribution in [0.5, 0.6) is 5.75 Å². The van der Waals surface area contributed by atoms with E-state index in [0.717, 1.165) is 10.2 Å². The molecule has 1 heterocycles. The lowest BCUT2D eigenvalue weighted by atomic mass is 10.1. The molecule has 0 bridgehead atoms. The maximum absolute atomic E-state index is 5.24. The van der Waals surface area contributed by atoms with E-state index >= 15 is 0 Å². The monoisotopic (exact) mass is 281 g/mol. The van der Waals surface area contributed by atoms with Crippen LogP contribution in [0, 0.1) is 0 Å². The van der Waals surface area contributed by atoms with Crippen molar-refractivity contribution in [2.24, 2.45) is 0 Å². The van der Waals surface area contributed by atoms with Crippen molar-refractivity contribution < 1.29 is 4.74 Å². The van der Waals surface area contributed by atoms with Gasteiger partial charge in [-0.15, -0.1) is 0 Å². The van der Waals surface area contributed by atoms with E-state index < -0.39 is 0 Å². The van der Waals surface area contributed by atoms with Gasteiger partial charge in [-0.2, -0.15) is 0 Å². The summed E-state index contributed by atoms with van der Waals surface area (Å²) in [6, 6.07) is 6.16. The number of methoxy groups -OCH3 is 1. The van der Waals surface area contributed by atoms with Gasteiger partial charge in [0.25, 0.3) is 0 Å². The van der Waals surface area contributed by atoms with Crippen molar-refractivity contribution in [2.45, 2.75) is 26.3 Å². The molecule has 3 heteroatoms. The number of hydrogen-bond donors (Lipinski definition) is 0. The number of hydrogen-bond acceptors (Lipinski definition) is 1. The van der Waals surface area contributed by atoms with Gasteiger partial charge < -0.3 is 9.30 Å². The maximum Gasteiger partial charge on any atom is 0.119 e. The molecule has 16 heavy (non-hydrogen) atoms. The molecule has 2 nitrogen and oxygen atoms in total. The Morgan fingerprint density at radius 2 is 1.94 bits per heavy atom. The van der Waals surface area contributed by atoms with Crippen LogP contribution in [0.4, 0.5) is 0 Å². The quantitative estimate of drug-likeness (QED) is 0.765. The van der Waals surface area contributed by atoms with Gasteiger partial charge in [0.1, 0.15) is 5.75 Å². The lowest BCUT2D eigenvalue weighted by Crippen LogP contribution is -2.20. The van der Waals surface area contributed by atoms with Crippen LogP contribution in [0.3, 0.4) is 0 Å². The minimum absolute atomic E-state index is 0.0822. The third kappa shape index (κ3) is 1.84. The fourth-order valence-electron chi connectivity index (χ4n) is 1.85. The second-order valence-corrected chi connectivity index (χ2v) is 5.76. The number of aromatic nitrogens is 1. The molecule has 2 aromatic rings. The first-order chi connectivity index (χ1) is 7.43. The standard InChI is InChI=1S/C13H16BrNO/c1-13(2,3)15-8-11(14)10-7-9(16-4)5-6-12(10)15/h5-8H,1-4H3. The van der Waals surface area contributed by atoms with Gasteiger partial charge in [0.15, 0.2) is 0 Å². The molecule has 0 aliphatic heterocycles. The Labute approximate surface area is 104 Å². The Kier molecular flexibility index (Phi) is 2.74. The Hall–Kier alpha value is -0.960. The SMILES string of the molecule is COc1ccc2c(c1)c(Br)cn2C(C)(C)C. The number of benzene rings is 1. The van der Waals surface area contributed by atoms with Crippen molar-refractivity contribution in [1.82, 2.24) is 4.57 Å². The van der Waals surface area contributed by atoms with Crippen LogP contribution in [0.15, 0.2) is 28.9 Å². The molecule has 0 atom stereocenters. The first-order valence-electron chi connectivity index (χ1n) is 5.28. The van der Waals surface area contributed by atoms with Crippen LogP contribution >= 0.6 is 15.9 Å². The molecule has 86 valence electrons. The van der Waals surface area contributed by atoms with E-state index in [-0.39, 0.29) is 5.54 Å². The number of halogens is 1. The zero-order chi connectivity index (χ0) is 11.9. The van der Waals surface area contributed by atoms with Gasteiger partial charge in [-0.3, -0.25) is 0 Å². The Morgan fingerprint density at radius 3 is 2.50 bits per heavy atom. The van der Waals surface area contributed by atoms with Gasteiger partial charge in [0, 0.05) is 27.1 Å². The summed E-state index contributed by atoms with van der Waals surface area (Å²) in [7, 11) is 1.69. The van der Waals surface area contributed by atoms with Crippen molar-refractivity contribution in [3.05, 3.63) is 28.9 Å². The van der Waals surface area contributed by atoms with Gasteiger partial charge >= 0.3 is 0 Å². The van der Waals surface area contributed by atoms with Crippen LogP contribution in [0.1, 0.15) is 20.8 Å². The summed E-state index contributed by atoms with van der Waals surface area (Å²) >= 11 is 3.60. The first kappa shape index (κ1) is 11.5. The van der Waals surface area contributed by atoms with Crippen molar-refractivity contribution in [1.29, 1.82) is 0 Å². The average Bonchev–Trinajstić information content (AvgIpc) is 2.55. The van der Waals surface area contributed by atoms with E-state index in [0.29, 0.717) is 0 Å². The summed E-state index contributed by atoms with van der Waals surface area (Å²) in [5.41, 5.74) is 1.30. The summed E-state index contributed by atoms with van der Waals surface area (Å²) < 4.78 is 8.62. The first-order valence-corrected chi connectivity index (χ1v) is 6.08. The third-order valence-corrected chi connectivity index (χ3v) is 3.32. The second-order valence-electron chi connectivity index (χ2n) is 4.90. The van der Waals surface area contributed by atoms with Crippen molar-refractivity contribution in [3.8, 4) is 5.75 Å². The van der Waals surface area contributed by atoms with E-state index in [1.807, 2.05) is 6.07 Å². The van der Waals surface area contributed by atoms with Gasteiger partial charge in [-0.05, 0) is 54.9 Å². The third-order valence-electron chi connectivity index (χ3n) is 2.69. The predicted molar refractivity (Wildman–Crippen MR) is 71.2 cm³/mol. The lowest BCUT2D eigenvalue weighted by Gasteiger charge is -2.22. The van der Waals surface area contributed by atoms with Gasteiger partial charge in [0.2, 0.25) is 0 Å². The van der Waals surface area contributed by atoms with Crippen molar-refractivity contribution in [2.75, 3.05) is 7.11 Å². The number of nitrogens with zero attached hydrogens (tertiary/aromatic N) is 1. The summed E-state index contributed by atoms with van der Waals surface area (Å²) in [6.45, 7) is 6.59. The molecule has 0 N–H and O–H groups in total. The fourth-order valence-corrected chi connectivity index (χ4v) is 2.37. The van der Waals surface area contributed by atoms with E-state index in [1.165, 1.54) is 10.9 Å². The number of rotatable bonds is 1. The van der Waals surface area contributed by atoms with Crippen LogP contribution in [0.2, 0.25) is 0 Å². The largest absolute Gasteiger partial charge is 0.497 e. The summed E-state index contributed by atoms with van der Waals surface area (Å²) in [5.74, 6) is 0.889. The smallest absolute Gasteiger partial charge is 0.119 e. The molecule has 0 saturated carbocycles. The van der Waals surface area contributed by atoms with Crippen LogP contribution in [-0.2, 0) is 5.54 Å². The normalized spacial score (nSPS) is 12.1. The molecule has 0 saturated heterocycles. The Balaban J connectivity index is 2.72. The van der Waals surface area contributed by atoms with Gasteiger partial charge in [-0.25, -0.2) is 0 Å². The molecule has 0 aliphatic rings. The van der Waals surface area contributed by atoms with E-state index in [9.17, 15) is 0 Å². The number of fused-ring (bicyclic) bond motifs is 1. The zero-order valence-electron chi connectivity index (χ0n) is 10.0. The molecular weight excluding hydrogens is 266 g/mol. The molecule has 1 aromatic carbocycles. The minimum Gasteiger partial charge on any atom is -0.497 e. The van der Waals surface area contributed by atoms with E-state index in [1.54, 1.807) is 7.11 Å². The van der Waals surface area contributed by atoms with Crippen LogP contribution in [0.25, 0.3) is 10.9 Å². The molecule has 0 unspecified atom stereocenters. The highest BCUT2D eigenvalue weighted by molar-refractivity contribution is 9.10. The van der Waals surface area contributed by atoms with Crippen LogP contribution < -0.4 is 4.74 Å². The van der Waals surface area contributed by atoms with Gasteiger partial charge in [0.05, 0.1) is 7.11 Å².